The van der Waals surface area contributed by atoms with Crippen LogP contribution < -0.4 is 0 Å². The Kier molecular flexibility index (Phi) is 8.35. The van der Waals surface area contributed by atoms with Crippen LogP contribution in [0.5, 0.6) is 0 Å². The van der Waals surface area contributed by atoms with E-state index in [1.807, 2.05) is 11.0 Å². The molecule has 2 fully saturated rings. The van der Waals surface area contributed by atoms with E-state index in [-0.39, 0.29) is 11.8 Å². The molecule has 3 aliphatic heterocycles. The number of hydrogen-bond acceptors (Lipinski definition) is 4. The minimum atomic E-state index is 0.0988. The van der Waals surface area contributed by atoms with Crippen molar-refractivity contribution in [2.45, 2.75) is 32.1 Å². The van der Waals surface area contributed by atoms with E-state index in [1.165, 1.54) is 5.56 Å². The Morgan fingerprint density at radius 1 is 0.969 bits per heavy atom. The number of ether oxygens (including phenoxy) is 1. The molecule has 0 spiro atoms. The molecule has 6 nitrogen and oxygen atoms in total. The van der Waals surface area contributed by atoms with Crippen LogP contribution in [0.1, 0.15) is 31.2 Å². The molecule has 0 aromatic heterocycles. The second kappa shape index (κ2) is 11.6. The third-order valence-corrected chi connectivity index (χ3v) is 7.23. The zero-order valence-corrected chi connectivity index (χ0v) is 19.2. The highest BCUT2D eigenvalue weighted by Crippen LogP contribution is 2.30. The number of hydrogen-bond donors (Lipinski definition) is 0. The van der Waals surface area contributed by atoms with Gasteiger partial charge in [-0.05, 0) is 50.3 Å². The van der Waals surface area contributed by atoms with Gasteiger partial charge in [-0.25, -0.2) is 0 Å². The van der Waals surface area contributed by atoms with E-state index in [0.717, 1.165) is 71.5 Å². The number of rotatable bonds is 7. The van der Waals surface area contributed by atoms with Crippen LogP contribution in [0.2, 0.25) is 0 Å². The summed E-state index contributed by atoms with van der Waals surface area (Å²) in [5.74, 6) is 1.11. The number of carbonyl (C=O) groups is 2. The predicted molar refractivity (Wildman–Crippen MR) is 125 cm³/mol. The van der Waals surface area contributed by atoms with Crippen molar-refractivity contribution in [1.82, 2.24) is 14.7 Å². The van der Waals surface area contributed by atoms with Gasteiger partial charge in [0.2, 0.25) is 11.8 Å². The van der Waals surface area contributed by atoms with Crippen molar-refractivity contribution in [2.24, 2.45) is 11.8 Å². The van der Waals surface area contributed by atoms with E-state index in [2.05, 4.69) is 46.2 Å². The molecule has 2 amide bonds. The Balaban J connectivity index is 1.23. The summed E-state index contributed by atoms with van der Waals surface area (Å²) in [5, 5.41) is 0. The molecule has 0 aliphatic carbocycles. The van der Waals surface area contributed by atoms with Gasteiger partial charge in [0.1, 0.15) is 0 Å². The fraction of sp³-hybridized carbons (Fsp3) is 0.615. The lowest BCUT2D eigenvalue weighted by molar-refractivity contribution is -0.137. The Morgan fingerprint density at radius 2 is 1.72 bits per heavy atom. The van der Waals surface area contributed by atoms with Crippen LogP contribution in [0.15, 0.2) is 42.5 Å². The number of benzene rings is 1. The van der Waals surface area contributed by atoms with Gasteiger partial charge in [-0.2, -0.15) is 0 Å². The fourth-order valence-electron chi connectivity index (χ4n) is 5.18. The first-order chi connectivity index (χ1) is 15.7. The molecule has 2 saturated heterocycles. The molecule has 3 heterocycles. The smallest absolute Gasteiger partial charge is 0.226 e. The third kappa shape index (κ3) is 6.20. The lowest BCUT2D eigenvalue weighted by Gasteiger charge is -2.37. The average molecular weight is 440 g/mol. The number of likely N-dealkylation sites (tertiary alicyclic amines) is 1. The highest BCUT2D eigenvalue weighted by Gasteiger charge is 2.34. The van der Waals surface area contributed by atoms with Crippen LogP contribution in [0.4, 0.5) is 0 Å². The minimum absolute atomic E-state index is 0.0988. The normalized spacial score (nSPS) is 23.4. The van der Waals surface area contributed by atoms with E-state index in [1.54, 1.807) is 0 Å². The first-order valence-corrected chi connectivity index (χ1v) is 12.3. The summed E-state index contributed by atoms with van der Waals surface area (Å²) in [6.45, 7) is 7.06. The van der Waals surface area contributed by atoms with Gasteiger partial charge in [-0.3, -0.25) is 9.59 Å². The maximum absolute atomic E-state index is 13.3. The summed E-state index contributed by atoms with van der Waals surface area (Å²) >= 11 is 0. The Labute approximate surface area is 192 Å². The van der Waals surface area contributed by atoms with Crippen molar-refractivity contribution < 1.29 is 14.3 Å². The molecule has 0 N–H and O–H groups in total. The van der Waals surface area contributed by atoms with Crippen LogP contribution in [0, 0.1) is 11.8 Å². The Morgan fingerprint density at radius 3 is 2.47 bits per heavy atom. The van der Waals surface area contributed by atoms with Gasteiger partial charge >= 0.3 is 0 Å². The van der Waals surface area contributed by atoms with Crippen molar-refractivity contribution >= 4 is 11.8 Å². The number of nitrogens with zero attached hydrogens (tertiary/aromatic N) is 3. The SMILES string of the molecule is O=C(CCN1CCC([C@H]2CC=CCN(CCc3ccccc3)C2=O)CC1)N1CCOCC1. The van der Waals surface area contributed by atoms with Crippen molar-refractivity contribution in [2.75, 3.05) is 59.0 Å². The average Bonchev–Trinajstić information content (AvgIpc) is 3.04. The summed E-state index contributed by atoms with van der Waals surface area (Å²) < 4.78 is 5.34. The quantitative estimate of drug-likeness (QED) is 0.613. The van der Waals surface area contributed by atoms with Crippen LogP contribution in [-0.4, -0.2) is 85.5 Å². The fourth-order valence-corrected chi connectivity index (χ4v) is 5.18. The van der Waals surface area contributed by atoms with Gasteiger partial charge < -0.3 is 19.4 Å². The molecule has 32 heavy (non-hydrogen) atoms. The van der Waals surface area contributed by atoms with Crippen molar-refractivity contribution in [3.05, 3.63) is 48.0 Å². The first-order valence-electron chi connectivity index (χ1n) is 12.3. The molecular formula is C26H37N3O3. The minimum Gasteiger partial charge on any atom is -0.378 e. The topological polar surface area (TPSA) is 53.1 Å². The number of piperidine rings is 1. The molecule has 1 atom stereocenters. The van der Waals surface area contributed by atoms with Crippen molar-refractivity contribution in [1.29, 1.82) is 0 Å². The molecular weight excluding hydrogens is 402 g/mol. The molecule has 0 radical (unpaired) electrons. The molecule has 0 saturated carbocycles. The molecule has 4 rings (SSSR count). The molecule has 3 aliphatic rings. The number of morpholine rings is 1. The maximum Gasteiger partial charge on any atom is 0.226 e. The zero-order valence-electron chi connectivity index (χ0n) is 19.2. The summed E-state index contributed by atoms with van der Waals surface area (Å²) in [6, 6.07) is 10.4. The van der Waals surface area contributed by atoms with E-state index < -0.39 is 0 Å². The van der Waals surface area contributed by atoms with Crippen LogP contribution in [0.3, 0.4) is 0 Å². The van der Waals surface area contributed by atoms with E-state index >= 15 is 0 Å². The van der Waals surface area contributed by atoms with Crippen LogP contribution in [0.25, 0.3) is 0 Å². The van der Waals surface area contributed by atoms with Gasteiger partial charge in [0.25, 0.3) is 0 Å². The van der Waals surface area contributed by atoms with Gasteiger partial charge in [0, 0.05) is 45.1 Å². The lowest BCUT2D eigenvalue weighted by Crippen LogP contribution is -2.44. The molecule has 0 unspecified atom stereocenters. The van der Waals surface area contributed by atoms with Gasteiger partial charge in [0.05, 0.1) is 13.2 Å². The molecule has 174 valence electrons. The Bertz CT molecular complexity index is 768. The molecule has 6 heteroatoms. The highest BCUT2D eigenvalue weighted by atomic mass is 16.5. The van der Waals surface area contributed by atoms with E-state index in [4.69, 9.17) is 4.74 Å². The summed E-state index contributed by atoms with van der Waals surface area (Å²) in [7, 11) is 0. The highest BCUT2D eigenvalue weighted by molar-refractivity contribution is 5.80. The molecule has 1 aromatic rings. The predicted octanol–water partition coefficient (Wildman–Crippen LogP) is 2.59. The van der Waals surface area contributed by atoms with Crippen LogP contribution in [-0.2, 0) is 20.7 Å². The third-order valence-electron chi connectivity index (χ3n) is 7.23. The summed E-state index contributed by atoms with van der Waals surface area (Å²) in [4.78, 5) is 32.1. The second-order valence-corrected chi connectivity index (χ2v) is 9.26. The van der Waals surface area contributed by atoms with Crippen molar-refractivity contribution in [3.63, 3.8) is 0 Å². The molecule has 1 aromatic carbocycles. The second-order valence-electron chi connectivity index (χ2n) is 9.26. The van der Waals surface area contributed by atoms with Crippen molar-refractivity contribution in [3.8, 4) is 0 Å². The lowest BCUT2D eigenvalue weighted by atomic mass is 9.81. The van der Waals surface area contributed by atoms with E-state index in [0.29, 0.717) is 31.5 Å². The monoisotopic (exact) mass is 439 g/mol. The first kappa shape index (κ1) is 23.0. The summed E-state index contributed by atoms with van der Waals surface area (Å²) in [6.07, 6.45) is 8.81. The van der Waals surface area contributed by atoms with Gasteiger partial charge in [0.15, 0.2) is 0 Å². The number of allylic oxidation sites excluding steroid dienone is 1. The summed E-state index contributed by atoms with van der Waals surface area (Å²) in [5.41, 5.74) is 1.28. The van der Waals surface area contributed by atoms with Gasteiger partial charge in [-0.1, -0.05) is 42.5 Å². The van der Waals surface area contributed by atoms with Crippen LogP contribution >= 0.6 is 0 Å². The number of carbonyl (C=O) groups excluding carboxylic acids is 2. The van der Waals surface area contributed by atoms with E-state index in [9.17, 15) is 9.59 Å². The Hall–Kier alpha value is -2.18. The largest absolute Gasteiger partial charge is 0.378 e. The zero-order chi connectivity index (χ0) is 22.2. The maximum atomic E-state index is 13.3. The number of amides is 2. The van der Waals surface area contributed by atoms with Gasteiger partial charge in [-0.15, -0.1) is 0 Å². The molecule has 0 bridgehead atoms. The standard InChI is InChI=1S/C26H37N3O3/c30-25(28-18-20-32-21-19-28)12-16-27-14-10-23(11-15-27)24-8-4-5-13-29(26(24)31)17-9-22-6-2-1-3-7-22/h1-7,23-24H,8-21H2/t24-/m1/s1.